The molecule has 0 amide bonds. The third-order valence-electron chi connectivity index (χ3n) is 2.41. The number of hydrogen-bond donors (Lipinski definition) is 1. The smallest absolute Gasteiger partial charge is 0.229 e. The van der Waals surface area contributed by atoms with Crippen molar-refractivity contribution < 1.29 is 0 Å². The second kappa shape index (κ2) is 3.12. The van der Waals surface area contributed by atoms with Crippen LogP contribution in [0.25, 0.3) is 5.78 Å². The molecule has 0 radical (unpaired) electrons. The van der Waals surface area contributed by atoms with Crippen molar-refractivity contribution in [2.75, 3.05) is 0 Å². The Balaban J connectivity index is 2.69. The minimum Gasteiger partial charge on any atom is -0.270 e. The first kappa shape index (κ1) is 9.24. The third kappa shape index (κ3) is 1.22. The minimum absolute atomic E-state index is 0.459. The van der Waals surface area contributed by atoms with Gasteiger partial charge in [0.25, 0.3) is 0 Å². The van der Waals surface area contributed by atoms with E-state index in [0.717, 1.165) is 5.78 Å². The highest BCUT2D eigenvalue weighted by molar-refractivity contribution is 5.37. The Morgan fingerprint density at radius 3 is 2.50 bits per heavy atom. The molecule has 0 fully saturated rings. The summed E-state index contributed by atoms with van der Waals surface area (Å²) in [5, 5.41) is 6.87. The zero-order chi connectivity index (χ0) is 10.3. The van der Waals surface area contributed by atoms with Crippen LogP contribution in [0.15, 0.2) is 6.33 Å². The fourth-order valence-corrected chi connectivity index (χ4v) is 1.80. The quantitative estimate of drug-likeness (QED) is 0.793. The monoisotopic (exact) mass is 192 g/mol. The van der Waals surface area contributed by atoms with Crippen LogP contribution in [-0.2, 0) is 0 Å². The molecule has 0 atom stereocenters. The Labute approximate surface area is 83.4 Å². The van der Waals surface area contributed by atoms with Crippen molar-refractivity contribution >= 4 is 5.78 Å². The molecule has 0 spiro atoms. The topological polar surface area (TPSA) is 46.0 Å². The Kier molecular flexibility index (Phi) is 2.06. The molecule has 76 valence electrons. The van der Waals surface area contributed by atoms with E-state index in [0.29, 0.717) is 11.8 Å². The molecule has 0 aliphatic heterocycles. The fraction of sp³-hybridized carbons (Fsp3) is 0.600. The van der Waals surface area contributed by atoms with Gasteiger partial charge in [-0.2, -0.15) is 5.10 Å². The van der Waals surface area contributed by atoms with E-state index < -0.39 is 0 Å². The van der Waals surface area contributed by atoms with Gasteiger partial charge in [-0.25, -0.2) is 10.1 Å². The molecule has 0 aliphatic carbocycles. The van der Waals surface area contributed by atoms with Gasteiger partial charge in [0.15, 0.2) is 0 Å². The molecular formula is C10H16N4. The van der Waals surface area contributed by atoms with E-state index >= 15 is 0 Å². The average Bonchev–Trinajstić information content (AvgIpc) is 2.58. The van der Waals surface area contributed by atoms with Crippen LogP contribution in [0.1, 0.15) is 50.9 Å². The van der Waals surface area contributed by atoms with Crippen LogP contribution in [0.2, 0.25) is 0 Å². The van der Waals surface area contributed by atoms with Gasteiger partial charge in [-0.05, 0) is 11.8 Å². The maximum Gasteiger partial charge on any atom is 0.229 e. The molecule has 2 heterocycles. The van der Waals surface area contributed by atoms with E-state index in [1.807, 2.05) is 4.40 Å². The maximum atomic E-state index is 4.54. The number of fused-ring (bicyclic) bond motifs is 1. The van der Waals surface area contributed by atoms with Gasteiger partial charge in [0.1, 0.15) is 6.33 Å². The third-order valence-corrected chi connectivity index (χ3v) is 2.41. The molecule has 0 unspecified atom stereocenters. The second-order valence-corrected chi connectivity index (χ2v) is 4.24. The first-order valence-corrected chi connectivity index (χ1v) is 5.02. The predicted molar refractivity (Wildman–Crippen MR) is 55.5 cm³/mol. The van der Waals surface area contributed by atoms with E-state index in [1.54, 1.807) is 6.33 Å². The zero-order valence-corrected chi connectivity index (χ0v) is 9.07. The van der Waals surface area contributed by atoms with E-state index in [4.69, 9.17) is 0 Å². The van der Waals surface area contributed by atoms with Crippen molar-refractivity contribution in [1.29, 1.82) is 0 Å². The number of H-pyrrole nitrogens is 1. The van der Waals surface area contributed by atoms with Gasteiger partial charge in [-0.15, -0.1) is 0 Å². The maximum absolute atomic E-state index is 4.54. The van der Waals surface area contributed by atoms with Gasteiger partial charge in [0.05, 0.1) is 11.4 Å². The standard InChI is InChI=1S/C10H16N4/c1-6(2)8-9(7(3)4)14-5-11-13-10(14)12-8/h5-7H,1-4H3,(H,12,13). The molecule has 0 bridgehead atoms. The highest BCUT2D eigenvalue weighted by atomic mass is 15.3. The van der Waals surface area contributed by atoms with Gasteiger partial charge in [-0.1, -0.05) is 27.7 Å². The van der Waals surface area contributed by atoms with E-state index in [1.165, 1.54) is 11.4 Å². The van der Waals surface area contributed by atoms with Gasteiger partial charge < -0.3 is 0 Å². The van der Waals surface area contributed by atoms with Gasteiger partial charge >= 0.3 is 0 Å². The van der Waals surface area contributed by atoms with Crippen LogP contribution >= 0.6 is 0 Å². The van der Waals surface area contributed by atoms with E-state index in [9.17, 15) is 0 Å². The summed E-state index contributed by atoms with van der Waals surface area (Å²) in [6, 6.07) is 0. The number of rotatable bonds is 2. The van der Waals surface area contributed by atoms with Gasteiger partial charge in [-0.3, -0.25) is 4.40 Å². The summed E-state index contributed by atoms with van der Waals surface area (Å²) in [4.78, 5) is 4.54. The molecule has 14 heavy (non-hydrogen) atoms. The van der Waals surface area contributed by atoms with Crippen molar-refractivity contribution in [2.45, 2.75) is 39.5 Å². The largest absolute Gasteiger partial charge is 0.270 e. The summed E-state index contributed by atoms with van der Waals surface area (Å²) < 4.78 is 2.04. The van der Waals surface area contributed by atoms with Gasteiger partial charge in [0.2, 0.25) is 5.78 Å². The molecule has 2 aromatic heterocycles. The van der Waals surface area contributed by atoms with Crippen LogP contribution in [0, 0.1) is 0 Å². The lowest BCUT2D eigenvalue weighted by molar-refractivity contribution is 0.743. The van der Waals surface area contributed by atoms with Crippen molar-refractivity contribution in [3.05, 3.63) is 17.7 Å². The summed E-state index contributed by atoms with van der Waals surface area (Å²) in [7, 11) is 0. The molecule has 2 aromatic rings. The van der Waals surface area contributed by atoms with Crippen LogP contribution < -0.4 is 0 Å². The molecular weight excluding hydrogens is 176 g/mol. The Hall–Kier alpha value is -1.32. The summed E-state index contributed by atoms with van der Waals surface area (Å²) in [6.07, 6.45) is 1.80. The van der Waals surface area contributed by atoms with Crippen LogP contribution in [0.3, 0.4) is 0 Å². The number of nitrogens with zero attached hydrogens (tertiary/aromatic N) is 3. The van der Waals surface area contributed by atoms with Crippen molar-refractivity contribution in [2.24, 2.45) is 0 Å². The van der Waals surface area contributed by atoms with E-state index in [-0.39, 0.29) is 0 Å². The molecule has 0 saturated carbocycles. The fourth-order valence-electron chi connectivity index (χ4n) is 1.80. The lowest BCUT2D eigenvalue weighted by atomic mass is 10.0. The van der Waals surface area contributed by atoms with Gasteiger partial charge in [0, 0.05) is 0 Å². The number of aromatic amines is 1. The van der Waals surface area contributed by atoms with Crippen molar-refractivity contribution in [3.63, 3.8) is 0 Å². The molecule has 2 rings (SSSR count). The van der Waals surface area contributed by atoms with Crippen molar-refractivity contribution in [3.8, 4) is 0 Å². The zero-order valence-electron chi connectivity index (χ0n) is 9.07. The SMILES string of the molecule is CC(C)c1nc2[nH]ncn2c1C(C)C. The first-order chi connectivity index (χ1) is 6.61. The molecule has 4 nitrogen and oxygen atoms in total. The van der Waals surface area contributed by atoms with E-state index in [2.05, 4.69) is 42.9 Å². The summed E-state index contributed by atoms with van der Waals surface area (Å²) in [5.74, 6) is 1.78. The molecule has 0 aromatic carbocycles. The normalized spacial score (nSPS) is 12.1. The second-order valence-electron chi connectivity index (χ2n) is 4.24. The Morgan fingerprint density at radius 1 is 1.21 bits per heavy atom. The molecule has 0 saturated heterocycles. The van der Waals surface area contributed by atoms with Crippen LogP contribution in [0.4, 0.5) is 0 Å². The highest BCUT2D eigenvalue weighted by Crippen LogP contribution is 2.25. The molecule has 4 heteroatoms. The highest BCUT2D eigenvalue weighted by Gasteiger charge is 2.18. The number of nitrogens with one attached hydrogen (secondary N) is 1. The number of aromatic nitrogens is 4. The first-order valence-electron chi connectivity index (χ1n) is 5.02. The lowest BCUT2D eigenvalue weighted by Crippen LogP contribution is -2.00. The van der Waals surface area contributed by atoms with Crippen molar-refractivity contribution in [1.82, 2.24) is 19.6 Å². The number of imidazole rings is 1. The van der Waals surface area contributed by atoms with Crippen LogP contribution in [0.5, 0.6) is 0 Å². The Bertz CT molecular complexity index is 436. The molecule has 0 aliphatic rings. The summed E-state index contributed by atoms with van der Waals surface area (Å²) in [5.41, 5.74) is 2.44. The minimum atomic E-state index is 0.459. The van der Waals surface area contributed by atoms with Crippen LogP contribution in [-0.4, -0.2) is 19.6 Å². The lowest BCUT2D eigenvalue weighted by Gasteiger charge is -2.08. The number of hydrogen-bond acceptors (Lipinski definition) is 2. The molecule has 1 N–H and O–H groups in total. The summed E-state index contributed by atoms with van der Waals surface area (Å²) in [6.45, 7) is 8.70. The Morgan fingerprint density at radius 2 is 1.93 bits per heavy atom. The summed E-state index contributed by atoms with van der Waals surface area (Å²) >= 11 is 0. The predicted octanol–water partition coefficient (Wildman–Crippen LogP) is 2.30. The average molecular weight is 192 g/mol.